The molecule has 0 fully saturated rings. The lowest BCUT2D eigenvalue weighted by molar-refractivity contribution is 0.136. The van der Waals surface area contributed by atoms with E-state index in [4.69, 9.17) is 4.84 Å². The van der Waals surface area contributed by atoms with Gasteiger partial charge in [0.2, 0.25) is 0 Å². The van der Waals surface area contributed by atoms with Crippen LogP contribution in [-0.2, 0) is 11.4 Å². The summed E-state index contributed by atoms with van der Waals surface area (Å²) in [5.41, 5.74) is 4.41. The van der Waals surface area contributed by atoms with Crippen molar-refractivity contribution in [2.75, 3.05) is 26.0 Å². The molecule has 0 heterocycles. The summed E-state index contributed by atoms with van der Waals surface area (Å²) in [6.45, 7) is 5.94. The van der Waals surface area contributed by atoms with Gasteiger partial charge >= 0.3 is 0 Å². The number of unbranched alkanes of at least 4 members (excludes halogenated alkanes) is 1. The van der Waals surface area contributed by atoms with Crippen molar-refractivity contribution in [2.45, 2.75) is 31.2 Å². The maximum atomic E-state index is 5.91. The Kier molecular flexibility index (Phi) is 9.39. The number of oxime groups is 1. The van der Waals surface area contributed by atoms with Crippen LogP contribution in [0.1, 0.15) is 36.5 Å². The summed E-state index contributed by atoms with van der Waals surface area (Å²) in [7, 11) is 0. The van der Waals surface area contributed by atoms with Crippen LogP contribution in [0, 0.1) is 0 Å². The number of hydrogen-bond donors (Lipinski definition) is 0. The molecule has 4 aromatic carbocycles. The van der Waals surface area contributed by atoms with Crippen molar-refractivity contribution in [1.29, 1.82) is 0 Å². The summed E-state index contributed by atoms with van der Waals surface area (Å²) in [6, 6.07) is 34.1. The molecule has 0 unspecified atom stereocenters. The number of nitrogens with zero attached hydrogens (tertiary/aromatic N) is 2. The smallest absolute Gasteiger partial charge is 0.117 e. The predicted molar refractivity (Wildman–Crippen MR) is 150 cm³/mol. The molecule has 0 aliphatic heterocycles. The van der Waals surface area contributed by atoms with Crippen molar-refractivity contribution in [3.8, 4) is 0 Å². The standard InChI is InChI=1S/C31H34N2OS/c1-3-33(24-25-12-5-4-6-13-25)22-9-10-23-34-32-31(27-18-20-28(35-2)21-19-27)30-17-11-15-26-14-7-8-16-29(26)30/h4-8,11-21H,3,9-10,22-24H2,1-2H3/b32-31+. The fourth-order valence-corrected chi connectivity index (χ4v) is 4.65. The Morgan fingerprint density at radius 1 is 0.829 bits per heavy atom. The van der Waals surface area contributed by atoms with Crippen LogP contribution in [0.2, 0.25) is 0 Å². The maximum absolute atomic E-state index is 5.91. The van der Waals surface area contributed by atoms with E-state index in [1.807, 2.05) is 0 Å². The molecule has 0 aromatic heterocycles. The Bertz CT molecular complexity index is 1220. The van der Waals surface area contributed by atoms with Crippen LogP contribution < -0.4 is 0 Å². The van der Waals surface area contributed by atoms with Gasteiger partial charge in [0.1, 0.15) is 12.3 Å². The first-order valence-corrected chi connectivity index (χ1v) is 13.6. The van der Waals surface area contributed by atoms with Crippen LogP contribution in [0.3, 0.4) is 0 Å². The second-order valence-corrected chi connectivity index (χ2v) is 9.47. The average molecular weight is 483 g/mol. The third-order valence-corrected chi connectivity index (χ3v) is 6.96. The molecule has 0 bridgehead atoms. The van der Waals surface area contributed by atoms with E-state index >= 15 is 0 Å². The second kappa shape index (κ2) is 13.1. The van der Waals surface area contributed by atoms with Gasteiger partial charge in [-0.15, -0.1) is 11.8 Å². The molecule has 35 heavy (non-hydrogen) atoms. The van der Waals surface area contributed by atoms with Crippen LogP contribution in [0.5, 0.6) is 0 Å². The van der Waals surface area contributed by atoms with Crippen molar-refractivity contribution in [2.24, 2.45) is 5.16 Å². The van der Waals surface area contributed by atoms with E-state index in [0.29, 0.717) is 6.61 Å². The Morgan fingerprint density at radius 3 is 2.34 bits per heavy atom. The lowest BCUT2D eigenvalue weighted by Crippen LogP contribution is -2.24. The topological polar surface area (TPSA) is 24.8 Å². The molecule has 0 spiro atoms. The van der Waals surface area contributed by atoms with Crippen LogP contribution in [0.4, 0.5) is 0 Å². The van der Waals surface area contributed by atoms with Gasteiger partial charge in [-0.3, -0.25) is 4.90 Å². The van der Waals surface area contributed by atoms with E-state index in [1.54, 1.807) is 11.8 Å². The fourth-order valence-electron chi connectivity index (χ4n) is 4.24. The molecule has 180 valence electrons. The van der Waals surface area contributed by atoms with Gasteiger partial charge in [0, 0.05) is 22.6 Å². The van der Waals surface area contributed by atoms with E-state index in [9.17, 15) is 0 Å². The van der Waals surface area contributed by atoms with Crippen molar-refractivity contribution in [1.82, 2.24) is 4.90 Å². The largest absolute Gasteiger partial charge is 0.395 e. The Hall–Kier alpha value is -3.08. The van der Waals surface area contributed by atoms with Crippen molar-refractivity contribution < 1.29 is 4.84 Å². The van der Waals surface area contributed by atoms with E-state index in [-0.39, 0.29) is 0 Å². The molecule has 0 atom stereocenters. The highest BCUT2D eigenvalue weighted by Gasteiger charge is 2.12. The van der Waals surface area contributed by atoms with Gasteiger partial charge in [-0.1, -0.05) is 97.0 Å². The molecule has 0 N–H and O–H groups in total. The quantitative estimate of drug-likeness (QED) is 0.0898. The molecular weight excluding hydrogens is 448 g/mol. The minimum absolute atomic E-state index is 0.611. The van der Waals surface area contributed by atoms with Gasteiger partial charge < -0.3 is 4.84 Å². The van der Waals surface area contributed by atoms with E-state index in [1.165, 1.54) is 21.2 Å². The Morgan fingerprint density at radius 2 is 1.57 bits per heavy atom. The summed E-state index contributed by atoms with van der Waals surface area (Å²) in [4.78, 5) is 9.63. The molecule has 0 saturated carbocycles. The highest BCUT2D eigenvalue weighted by Crippen LogP contribution is 2.24. The molecule has 0 saturated heterocycles. The molecule has 0 radical (unpaired) electrons. The summed E-state index contributed by atoms with van der Waals surface area (Å²) < 4.78 is 0. The van der Waals surface area contributed by atoms with Crippen LogP contribution in [0.25, 0.3) is 10.8 Å². The van der Waals surface area contributed by atoms with Gasteiger partial charge in [-0.05, 0) is 60.7 Å². The Balaban J connectivity index is 1.42. The number of thioether (sulfide) groups is 1. The summed E-state index contributed by atoms with van der Waals surface area (Å²) in [6.07, 6.45) is 4.16. The second-order valence-electron chi connectivity index (χ2n) is 8.59. The minimum Gasteiger partial charge on any atom is -0.395 e. The average Bonchev–Trinajstić information content (AvgIpc) is 2.92. The highest BCUT2D eigenvalue weighted by atomic mass is 32.2. The number of fused-ring (bicyclic) bond motifs is 1. The van der Waals surface area contributed by atoms with Gasteiger partial charge in [0.15, 0.2) is 0 Å². The van der Waals surface area contributed by atoms with Crippen molar-refractivity contribution in [3.05, 3.63) is 114 Å². The first-order valence-electron chi connectivity index (χ1n) is 12.4. The summed E-state index contributed by atoms with van der Waals surface area (Å²) in [5.74, 6) is 0. The zero-order valence-corrected chi connectivity index (χ0v) is 21.5. The van der Waals surface area contributed by atoms with Gasteiger partial charge in [-0.2, -0.15) is 0 Å². The van der Waals surface area contributed by atoms with Gasteiger partial charge in [-0.25, -0.2) is 0 Å². The van der Waals surface area contributed by atoms with E-state index in [0.717, 1.165) is 49.3 Å². The third kappa shape index (κ3) is 6.97. The molecule has 4 heteroatoms. The SMILES string of the molecule is CCN(CCCCO/N=C(\c1ccc(SC)cc1)c1cccc2ccccc12)Cc1ccccc1. The van der Waals surface area contributed by atoms with E-state index in [2.05, 4.69) is 120 Å². The van der Waals surface area contributed by atoms with E-state index < -0.39 is 0 Å². The molecule has 4 aromatic rings. The predicted octanol–water partition coefficient (Wildman–Crippen LogP) is 7.63. The first kappa shape index (κ1) is 25.0. The van der Waals surface area contributed by atoms with Crippen LogP contribution in [-0.4, -0.2) is 36.6 Å². The molecule has 4 rings (SSSR count). The molecule has 0 amide bonds. The summed E-state index contributed by atoms with van der Waals surface area (Å²) >= 11 is 1.74. The number of benzene rings is 4. The van der Waals surface area contributed by atoms with Gasteiger partial charge in [0.05, 0.1) is 0 Å². The molecule has 0 aliphatic carbocycles. The zero-order valence-electron chi connectivity index (χ0n) is 20.7. The zero-order chi connectivity index (χ0) is 24.3. The molecule has 0 aliphatic rings. The van der Waals surface area contributed by atoms with Crippen LogP contribution in [0.15, 0.2) is 107 Å². The number of rotatable bonds is 12. The maximum Gasteiger partial charge on any atom is 0.117 e. The minimum atomic E-state index is 0.611. The monoisotopic (exact) mass is 482 g/mol. The normalized spacial score (nSPS) is 11.8. The van der Waals surface area contributed by atoms with Crippen LogP contribution >= 0.6 is 11.8 Å². The highest BCUT2D eigenvalue weighted by molar-refractivity contribution is 7.98. The number of hydrogen-bond acceptors (Lipinski definition) is 4. The van der Waals surface area contributed by atoms with Crippen molar-refractivity contribution >= 4 is 28.2 Å². The Labute approximate surface area is 213 Å². The van der Waals surface area contributed by atoms with Gasteiger partial charge in [0.25, 0.3) is 0 Å². The van der Waals surface area contributed by atoms with Crippen molar-refractivity contribution in [3.63, 3.8) is 0 Å². The molecule has 3 nitrogen and oxygen atoms in total. The lowest BCUT2D eigenvalue weighted by Gasteiger charge is -2.20. The summed E-state index contributed by atoms with van der Waals surface area (Å²) in [5, 5.41) is 7.06. The fraction of sp³-hybridized carbons (Fsp3) is 0.258. The molecular formula is C31H34N2OS. The third-order valence-electron chi connectivity index (χ3n) is 6.22. The lowest BCUT2D eigenvalue weighted by atomic mass is 9.97. The first-order chi connectivity index (χ1) is 17.3.